The van der Waals surface area contributed by atoms with Crippen molar-refractivity contribution < 1.29 is 4.21 Å². The maximum atomic E-state index is 11.6. The van der Waals surface area contributed by atoms with Gasteiger partial charge in [0.1, 0.15) is 11.0 Å². The Hall–Kier alpha value is -0.670. The largest absolute Gasteiger partial charge is 0.237 e. The molecule has 1 unspecified atom stereocenters. The fourth-order valence-electron chi connectivity index (χ4n) is 1.05. The first-order valence-corrected chi connectivity index (χ1v) is 6.44. The van der Waals surface area contributed by atoms with E-state index in [0.29, 0.717) is 0 Å². The molecular weight excluding hydrogens is 206 g/mol. The van der Waals surface area contributed by atoms with Gasteiger partial charge in [-0.15, -0.1) is 0 Å². The predicted molar refractivity (Wildman–Crippen MR) is 67.3 cm³/mol. The first kappa shape index (κ1) is 14.3. The van der Waals surface area contributed by atoms with Crippen molar-refractivity contribution in [3.05, 3.63) is 29.8 Å². The van der Waals surface area contributed by atoms with Crippen LogP contribution in [0.15, 0.2) is 29.2 Å². The summed E-state index contributed by atoms with van der Waals surface area (Å²) in [5.74, 6) is 0. The zero-order chi connectivity index (χ0) is 11.8. The summed E-state index contributed by atoms with van der Waals surface area (Å²) in [7, 11) is 2.61. The molecule has 0 aliphatic carbocycles. The van der Waals surface area contributed by atoms with Crippen LogP contribution < -0.4 is 0 Å². The van der Waals surface area contributed by atoms with E-state index in [1.807, 2.05) is 52.2 Å². The van der Waals surface area contributed by atoms with Crippen LogP contribution in [0.3, 0.4) is 0 Å². The van der Waals surface area contributed by atoms with Crippen LogP contribution >= 0.6 is 0 Å². The Bertz CT molecular complexity index is 293. The minimum atomic E-state index is -1.01. The highest BCUT2D eigenvalue weighted by Crippen LogP contribution is 2.10. The van der Waals surface area contributed by atoms with Gasteiger partial charge in [0.2, 0.25) is 0 Å². The normalized spacial score (nSPS) is 11.9. The fraction of sp³-hybridized carbons (Fsp3) is 0.500. The van der Waals surface area contributed by atoms with Gasteiger partial charge in [-0.05, 0) is 38.2 Å². The molecule has 0 saturated heterocycles. The lowest BCUT2D eigenvalue weighted by Gasteiger charge is -2.08. The zero-order valence-corrected chi connectivity index (χ0v) is 11.1. The molecule has 0 bridgehead atoms. The summed E-state index contributed by atoms with van der Waals surface area (Å²) >= 11 is 0. The summed E-state index contributed by atoms with van der Waals surface area (Å²) in [5, 5.41) is 0. The van der Waals surface area contributed by atoms with Gasteiger partial charge in [-0.3, -0.25) is 0 Å². The van der Waals surface area contributed by atoms with Gasteiger partial charge in [-0.1, -0.05) is 32.9 Å². The van der Waals surface area contributed by atoms with Crippen LogP contribution in [0.1, 0.15) is 26.3 Å². The van der Waals surface area contributed by atoms with E-state index in [-0.39, 0.29) is 0 Å². The molecule has 0 N–H and O–H groups in total. The predicted octanol–water partition coefficient (Wildman–Crippen LogP) is 2.86. The second kappa shape index (κ2) is 7.60. The Balaban J connectivity index is 0.000000921. The fourth-order valence-corrected chi connectivity index (χ4v) is 1.84. The van der Waals surface area contributed by atoms with Crippen molar-refractivity contribution in [3.63, 3.8) is 0 Å². The first-order valence-electron chi connectivity index (χ1n) is 5.33. The average Bonchev–Trinajstić information content (AvgIpc) is 2.31. The molecule has 1 aromatic carbocycles. The van der Waals surface area contributed by atoms with E-state index in [4.69, 9.17) is 0 Å². The zero-order valence-electron chi connectivity index (χ0n) is 10.3. The molecule has 0 saturated carbocycles. The molecule has 1 rings (SSSR count). The van der Waals surface area contributed by atoms with Gasteiger partial charge in [0.05, 0.1) is 4.90 Å². The van der Waals surface area contributed by atoms with Crippen molar-refractivity contribution >= 4 is 11.0 Å². The molecule has 3 heteroatoms. The second-order valence-corrected chi connectivity index (χ2v) is 4.76. The lowest BCUT2D eigenvalue weighted by atomic mass is 10.2. The van der Waals surface area contributed by atoms with Crippen molar-refractivity contribution in [1.29, 1.82) is 0 Å². The minimum absolute atomic E-state index is 0.863. The van der Waals surface area contributed by atoms with Crippen molar-refractivity contribution in [2.75, 3.05) is 14.1 Å². The first-order chi connectivity index (χ1) is 7.15. The van der Waals surface area contributed by atoms with E-state index in [1.54, 1.807) is 4.31 Å². The molecule has 86 valence electrons. The molecule has 2 nitrogen and oxygen atoms in total. The van der Waals surface area contributed by atoms with Gasteiger partial charge in [-0.25, -0.2) is 8.51 Å². The van der Waals surface area contributed by atoms with Gasteiger partial charge < -0.3 is 0 Å². The third-order valence-electron chi connectivity index (χ3n) is 1.86. The highest BCUT2D eigenvalue weighted by atomic mass is 32.2. The van der Waals surface area contributed by atoms with Crippen LogP contribution in [-0.2, 0) is 17.4 Å². The molecular formula is C12H21NOS. The summed E-state index contributed by atoms with van der Waals surface area (Å²) in [6.45, 7) is 6.11. The lowest BCUT2D eigenvalue weighted by Crippen LogP contribution is -2.15. The number of hydrogen-bond acceptors (Lipinski definition) is 1. The Morgan fingerprint density at radius 2 is 1.60 bits per heavy atom. The number of rotatable bonds is 3. The summed E-state index contributed by atoms with van der Waals surface area (Å²) in [6.07, 6.45) is 1.02. The lowest BCUT2D eigenvalue weighted by molar-refractivity contribution is 0.603. The van der Waals surface area contributed by atoms with Gasteiger partial charge >= 0.3 is 0 Å². The van der Waals surface area contributed by atoms with Gasteiger partial charge in [0, 0.05) is 0 Å². The summed E-state index contributed by atoms with van der Waals surface area (Å²) < 4.78 is 13.3. The van der Waals surface area contributed by atoms with Gasteiger partial charge in [0.25, 0.3) is 0 Å². The molecule has 0 heterocycles. The molecule has 15 heavy (non-hydrogen) atoms. The van der Waals surface area contributed by atoms with E-state index in [1.165, 1.54) is 5.56 Å². The van der Waals surface area contributed by atoms with Crippen LogP contribution in [-0.4, -0.2) is 22.6 Å². The second-order valence-electron chi connectivity index (χ2n) is 3.06. The molecule has 1 aromatic rings. The monoisotopic (exact) mass is 227 g/mol. The van der Waals surface area contributed by atoms with E-state index in [9.17, 15) is 4.21 Å². The van der Waals surface area contributed by atoms with Crippen LogP contribution in [0.2, 0.25) is 0 Å². The maximum Gasteiger partial charge on any atom is 0.127 e. The molecule has 0 aliphatic heterocycles. The van der Waals surface area contributed by atoms with Crippen molar-refractivity contribution in [1.82, 2.24) is 4.31 Å². The molecule has 0 radical (unpaired) electrons. The number of aryl methyl sites for hydroxylation is 1. The smallest absolute Gasteiger partial charge is 0.127 e. The van der Waals surface area contributed by atoms with E-state index < -0.39 is 11.0 Å². The van der Waals surface area contributed by atoms with E-state index >= 15 is 0 Å². The highest BCUT2D eigenvalue weighted by Gasteiger charge is 2.04. The molecule has 0 amide bonds. The number of nitrogens with zero attached hydrogens (tertiary/aromatic N) is 1. The quantitative estimate of drug-likeness (QED) is 0.777. The van der Waals surface area contributed by atoms with Crippen LogP contribution in [0.4, 0.5) is 0 Å². The molecule has 0 aromatic heterocycles. The van der Waals surface area contributed by atoms with E-state index in [2.05, 4.69) is 6.92 Å². The number of benzene rings is 1. The SMILES string of the molecule is CC.CCc1ccc(S(=O)N(C)C)cc1. The standard InChI is InChI=1S/C10H15NOS.C2H6/c1-4-9-5-7-10(8-6-9)13(12)11(2)3;1-2/h5-8H,4H2,1-3H3;1-2H3. The maximum absolute atomic E-state index is 11.6. The summed E-state index contributed by atoms with van der Waals surface area (Å²) in [6, 6.07) is 7.90. The van der Waals surface area contributed by atoms with Crippen molar-refractivity contribution in [3.8, 4) is 0 Å². The van der Waals surface area contributed by atoms with Crippen LogP contribution in [0.5, 0.6) is 0 Å². The molecule has 0 aliphatic rings. The Morgan fingerprint density at radius 1 is 1.13 bits per heavy atom. The van der Waals surface area contributed by atoms with Crippen molar-refractivity contribution in [2.24, 2.45) is 0 Å². The van der Waals surface area contributed by atoms with Crippen LogP contribution in [0, 0.1) is 0 Å². The highest BCUT2D eigenvalue weighted by molar-refractivity contribution is 7.82. The molecule has 1 atom stereocenters. The van der Waals surface area contributed by atoms with Gasteiger partial charge in [0.15, 0.2) is 0 Å². The Labute approximate surface area is 95.9 Å². The summed E-state index contributed by atoms with van der Waals surface area (Å²) in [4.78, 5) is 0.863. The van der Waals surface area contributed by atoms with Crippen molar-refractivity contribution in [2.45, 2.75) is 32.1 Å². The number of hydrogen-bond donors (Lipinski definition) is 0. The minimum Gasteiger partial charge on any atom is -0.237 e. The van der Waals surface area contributed by atoms with Crippen LogP contribution in [0.25, 0.3) is 0 Å². The Morgan fingerprint density at radius 3 is 1.93 bits per heavy atom. The third kappa shape index (κ3) is 4.58. The topological polar surface area (TPSA) is 20.3 Å². The molecule has 0 spiro atoms. The molecule has 0 fully saturated rings. The van der Waals surface area contributed by atoms with Gasteiger partial charge in [-0.2, -0.15) is 0 Å². The average molecular weight is 227 g/mol. The van der Waals surface area contributed by atoms with E-state index in [0.717, 1.165) is 11.3 Å². The summed E-state index contributed by atoms with van der Waals surface area (Å²) in [5.41, 5.74) is 1.28. The third-order valence-corrected chi connectivity index (χ3v) is 3.20. The Kier molecular flexibility index (Phi) is 7.26.